The first-order chi connectivity index (χ1) is 16.9. The highest BCUT2D eigenvalue weighted by Crippen LogP contribution is 2.28. The fourth-order valence-electron chi connectivity index (χ4n) is 3.65. The number of nitrogens with one attached hydrogen (secondary N) is 1. The van der Waals surface area contributed by atoms with Crippen LogP contribution in [0.25, 0.3) is 0 Å². The van der Waals surface area contributed by atoms with Crippen molar-refractivity contribution in [2.75, 3.05) is 12.3 Å². The minimum atomic E-state index is -0.797. The van der Waals surface area contributed by atoms with E-state index in [-0.39, 0.29) is 24.1 Å². The van der Waals surface area contributed by atoms with E-state index in [1.165, 1.54) is 22.7 Å². The lowest BCUT2D eigenvalue weighted by Gasteiger charge is -2.31. The van der Waals surface area contributed by atoms with Crippen molar-refractivity contribution in [1.82, 2.24) is 10.2 Å². The summed E-state index contributed by atoms with van der Waals surface area (Å²) in [7, 11) is 0. The van der Waals surface area contributed by atoms with Crippen LogP contribution in [0.1, 0.15) is 23.6 Å². The number of carbonyl (C=O) groups is 2. The number of nitrogens with zero attached hydrogens (tertiary/aromatic N) is 1. The van der Waals surface area contributed by atoms with E-state index in [1.54, 1.807) is 36.4 Å². The van der Waals surface area contributed by atoms with Gasteiger partial charge >= 0.3 is 0 Å². The van der Waals surface area contributed by atoms with E-state index in [4.69, 9.17) is 23.2 Å². The molecule has 0 spiro atoms. The molecule has 0 aliphatic rings. The predicted octanol–water partition coefficient (Wildman–Crippen LogP) is 6.14. The predicted molar refractivity (Wildman–Crippen MR) is 142 cm³/mol. The number of benzene rings is 3. The third-order valence-electron chi connectivity index (χ3n) is 5.45. The summed E-state index contributed by atoms with van der Waals surface area (Å²) in [5, 5.41) is 3.89. The van der Waals surface area contributed by atoms with Crippen LogP contribution in [-0.2, 0) is 28.3 Å². The van der Waals surface area contributed by atoms with Gasteiger partial charge in [-0.25, -0.2) is 4.39 Å². The molecular formula is C27H27Cl2FN2O2S. The molecule has 3 aromatic carbocycles. The van der Waals surface area contributed by atoms with Gasteiger partial charge < -0.3 is 10.2 Å². The number of rotatable bonds is 11. The van der Waals surface area contributed by atoms with E-state index >= 15 is 0 Å². The van der Waals surface area contributed by atoms with E-state index in [0.717, 1.165) is 11.1 Å². The smallest absolute Gasteiger partial charge is 0.243 e. The Balaban J connectivity index is 1.86. The highest BCUT2D eigenvalue weighted by Gasteiger charge is 2.30. The lowest BCUT2D eigenvalue weighted by molar-refractivity contribution is -0.139. The first kappa shape index (κ1) is 27.1. The first-order valence-corrected chi connectivity index (χ1v) is 13.2. The second-order valence-corrected chi connectivity index (χ2v) is 9.71. The zero-order valence-electron chi connectivity index (χ0n) is 19.3. The average molecular weight is 533 g/mol. The normalized spacial score (nSPS) is 11.7. The molecule has 4 nitrogen and oxygen atoms in total. The Bertz CT molecular complexity index is 1130. The molecule has 0 aliphatic heterocycles. The van der Waals surface area contributed by atoms with E-state index in [2.05, 4.69) is 5.32 Å². The number of hydrogen-bond donors (Lipinski definition) is 1. The van der Waals surface area contributed by atoms with Crippen molar-refractivity contribution in [3.8, 4) is 0 Å². The zero-order chi connectivity index (χ0) is 25.2. The molecular weight excluding hydrogens is 506 g/mol. The number of likely N-dealkylation sites (N-methyl/N-ethyl adjacent to an activating group) is 1. The summed E-state index contributed by atoms with van der Waals surface area (Å²) in [4.78, 5) is 28.1. The van der Waals surface area contributed by atoms with Crippen LogP contribution < -0.4 is 5.32 Å². The fraction of sp³-hybridized carbons (Fsp3) is 0.259. The van der Waals surface area contributed by atoms with Gasteiger partial charge in [0.2, 0.25) is 11.8 Å². The Morgan fingerprint density at radius 2 is 1.63 bits per heavy atom. The van der Waals surface area contributed by atoms with Crippen molar-refractivity contribution in [1.29, 1.82) is 0 Å². The van der Waals surface area contributed by atoms with Crippen LogP contribution in [0, 0.1) is 5.82 Å². The van der Waals surface area contributed by atoms with Crippen LogP contribution in [0.2, 0.25) is 10.0 Å². The van der Waals surface area contributed by atoms with Crippen LogP contribution in [0.5, 0.6) is 0 Å². The van der Waals surface area contributed by atoms with Crippen LogP contribution in [-0.4, -0.2) is 35.1 Å². The van der Waals surface area contributed by atoms with Crippen LogP contribution >= 0.6 is 35.0 Å². The summed E-state index contributed by atoms with van der Waals surface area (Å²) < 4.78 is 14.5. The summed E-state index contributed by atoms with van der Waals surface area (Å²) in [5.74, 6) is -0.452. The second kappa shape index (κ2) is 13.5. The minimum absolute atomic E-state index is 0.0203. The molecule has 0 aromatic heterocycles. The number of amides is 2. The number of hydrogen-bond acceptors (Lipinski definition) is 3. The van der Waals surface area contributed by atoms with Gasteiger partial charge in [0.25, 0.3) is 0 Å². The van der Waals surface area contributed by atoms with Gasteiger partial charge in [-0.1, -0.05) is 77.8 Å². The number of thioether (sulfide) groups is 1. The van der Waals surface area contributed by atoms with Crippen molar-refractivity contribution in [3.63, 3.8) is 0 Å². The highest BCUT2D eigenvalue weighted by molar-refractivity contribution is 7.99. The van der Waals surface area contributed by atoms with Gasteiger partial charge in [-0.15, -0.1) is 11.8 Å². The van der Waals surface area contributed by atoms with Gasteiger partial charge in [0, 0.05) is 40.9 Å². The van der Waals surface area contributed by atoms with Gasteiger partial charge in [-0.2, -0.15) is 0 Å². The maximum absolute atomic E-state index is 14.5. The summed E-state index contributed by atoms with van der Waals surface area (Å²) >= 11 is 13.9. The van der Waals surface area contributed by atoms with Crippen molar-refractivity contribution < 1.29 is 14.0 Å². The van der Waals surface area contributed by atoms with Gasteiger partial charge in [-0.05, 0) is 36.2 Å². The summed E-state index contributed by atoms with van der Waals surface area (Å²) in [6.45, 7) is 2.23. The zero-order valence-corrected chi connectivity index (χ0v) is 21.7. The van der Waals surface area contributed by atoms with Crippen molar-refractivity contribution in [2.45, 2.75) is 31.7 Å². The second-order valence-electron chi connectivity index (χ2n) is 7.91. The molecule has 1 unspecified atom stereocenters. The van der Waals surface area contributed by atoms with E-state index in [0.29, 0.717) is 34.3 Å². The standard InChI is InChI=1S/C27H27Cl2FN2O2S/c1-2-31-27(34)25(15-19-9-4-3-5-10-19)32(16-20-11-6-7-14-24(20)30)26(33)18-35-17-21-22(28)12-8-13-23(21)29/h3-14,25H,2,15-18H2,1H3,(H,31,34). The number of carbonyl (C=O) groups excluding carboxylic acids is 2. The average Bonchev–Trinajstić information content (AvgIpc) is 2.85. The molecule has 0 fully saturated rings. The molecule has 8 heteroatoms. The Hall–Kier alpha value is -2.54. The Labute approximate surface area is 219 Å². The third-order valence-corrected chi connectivity index (χ3v) is 7.11. The van der Waals surface area contributed by atoms with Crippen LogP contribution in [0.15, 0.2) is 72.8 Å². The van der Waals surface area contributed by atoms with E-state index in [1.807, 2.05) is 37.3 Å². The van der Waals surface area contributed by atoms with Crippen LogP contribution in [0.3, 0.4) is 0 Å². The summed E-state index contributed by atoms with van der Waals surface area (Å²) in [6, 6.07) is 20.2. The monoisotopic (exact) mass is 532 g/mol. The van der Waals surface area contributed by atoms with Crippen LogP contribution in [0.4, 0.5) is 4.39 Å². The largest absolute Gasteiger partial charge is 0.355 e. The molecule has 1 atom stereocenters. The summed E-state index contributed by atoms with van der Waals surface area (Å²) in [6.07, 6.45) is 0.313. The molecule has 0 saturated heterocycles. The third kappa shape index (κ3) is 7.72. The Morgan fingerprint density at radius 3 is 2.29 bits per heavy atom. The maximum Gasteiger partial charge on any atom is 0.243 e. The number of halogens is 3. The van der Waals surface area contributed by atoms with Crippen molar-refractivity contribution in [3.05, 3.63) is 105 Å². The lowest BCUT2D eigenvalue weighted by Crippen LogP contribution is -2.51. The Kier molecular flexibility index (Phi) is 10.5. The van der Waals surface area contributed by atoms with E-state index in [9.17, 15) is 14.0 Å². The Morgan fingerprint density at radius 1 is 0.971 bits per heavy atom. The minimum Gasteiger partial charge on any atom is -0.355 e. The maximum atomic E-state index is 14.5. The van der Waals surface area contributed by atoms with Crippen molar-refractivity contribution in [2.24, 2.45) is 0 Å². The molecule has 3 aromatic rings. The molecule has 0 bridgehead atoms. The molecule has 0 radical (unpaired) electrons. The molecule has 0 aliphatic carbocycles. The SMILES string of the molecule is CCNC(=O)C(Cc1ccccc1)N(Cc1ccccc1F)C(=O)CSCc1c(Cl)cccc1Cl. The molecule has 3 rings (SSSR count). The van der Waals surface area contributed by atoms with Gasteiger partial charge in [0.15, 0.2) is 0 Å². The molecule has 0 saturated carbocycles. The van der Waals surface area contributed by atoms with Gasteiger partial charge in [-0.3, -0.25) is 9.59 Å². The molecule has 184 valence electrons. The molecule has 1 N–H and O–H groups in total. The quantitative estimate of drug-likeness (QED) is 0.322. The van der Waals surface area contributed by atoms with E-state index < -0.39 is 11.9 Å². The first-order valence-electron chi connectivity index (χ1n) is 11.3. The molecule has 35 heavy (non-hydrogen) atoms. The fourth-order valence-corrected chi connectivity index (χ4v) is 5.30. The summed E-state index contributed by atoms with van der Waals surface area (Å²) in [5.41, 5.74) is 2.01. The topological polar surface area (TPSA) is 49.4 Å². The molecule has 0 heterocycles. The van der Waals surface area contributed by atoms with Crippen molar-refractivity contribution >= 4 is 46.8 Å². The lowest BCUT2D eigenvalue weighted by atomic mass is 10.0. The van der Waals surface area contributed by atoms with Gasteiger partial charge in [0.05, 0.1) is 5.75 Å². The highest BCUT2D eigenvalue weighted by atomic mass is 35.5. The van der Waals surface area contributed by atoms with Gasteiger partial charge in [0.1, 0.15) is 11.9 Å². The molecule has 2 amide bonds.